The highest BCUT2D eigenvalue weighted by atomic mass is 35.5. The lowest BCUT2D eigenvalue weighted by atomic mass is 9.96. The van der Waals surface area contributed by atoms with Gasteiger partial charge in [0.25, 0.3) is 0 Å². The first-order chi connectivity index (χ1) is 15.9. The summed E-state index contributed by atoms with van der Waals surface area (Å²) >= 11 is 19.2. The second-order valence-corrected chi connectivity index (χ2v) is 10.2. The number of esters is 1. The molecular formula is C23H24Cl2N4O2S2. The van der Waals surface area contributed by atoms with Crippen molar-refractivity contribution in [1.29, 1.82) is 0 Å². The van der Waals surface area contributed by atoms with E-state index in [9.17, 15) is 4.79 Å². The normalized spacial score (nSPS) is 13.5. The molecule has 0 fully saturated rings. The molecule has 1 aliphatic carbocycles. The average Bonchev–Trinajstić information content (AvgIpc) is 3.33. The van der Waals surface area contributed by atoms with Crippen molar-refractivity contribution in [3.8, 4) is 0 Å². The van der Waals surface area contributed by atoms with E-state index in [0.717, 1.165) is 41.8 Å². The molecule has 2 N–H and O–H groups in total. The predicted octanol–water partition coefficient (Wildman–Crippen LogP) is 6.55. The van der Waals surface area contributed by atoms with Gasteiger partial charge in [-0.1, -0.05) is 42.1 Å². The quantitative estimate of drug-likeness (QED) is 0.292. The van der Waals surface area contributed by atoms with Crippen LogP contribution < -0.4 is 10.6 Å². The van der Waals surface area contributed by atoms with E-state index in [0.29, 0.717) is 33.1 Å². The zero-order chi connectivity index (χ0) is 23.4. The SMILES string of the molecule is COC(=O)c1c(NC(=S)Nc2ccn(Cc3ccc(Cl)c(Cl)c3)n2)sc2c1CCCCCC2. The van der Waals surface area contributed by atoms with E-state index in [1.807, 2.05) is 24.4 Å². The summed E-state index contributed by atoms with van der Waals surface area (Å²) in [6.45, 7) is 0.545. The third-order valence-corrected chi connectivity index (χ3v) is 7.65. The number of thiophene rings is 1. The molecule has 0 atom stereocenters. The minimum absolute atomic E-state index is 0.329. The van der Waals surface area contributed by atoms with Crippen LogP contribution in [0.15, 0.2) is 30.5 Å². The van der Waals surface area contributed by atoms with Crippen molar-refractivity contribution in [2.75, 3.05) is 17.7 Å². The molecule has 1 aliphatic rings. The van der Waals surface area contributed by atoms with Crippen molar-refractivity contribution in [3.63, 3.8) is 0 Å². The molecule has 0 bridgehead atoms. The van der Waals surface area contributed by atoms with Gasteiger partial charge in [-0.3, -0.25) is 4.68 Å². The van der Waals surface area contributed by atoms with E-state index >= 15 is 0 Å². The van der Waals surface area contributed by atoms with Gasteiger partial charge in [-0.2, -0.15) is 5.10 Å². The molecule has 0 amide bonds. The van der Waals surface area contributed by atoms with Crippen molar-refractivity contribution < 1.29 is 9.53 Å². The molecule has 6 nitrogen and oxygen atoms in total. The maximum absolute atomic E-state index is 12.6. The number of carbonyl (C=O) groups is 1. The van der Waals surface area contributed by atoms with Gasteiger partial charge in [-0.05, 0) is 61.2 Å². The van der Waals surface area contributed by atoms with Crippen LogP contribution in [0.2, 0.25) is 10.0 Å². The summed E-state index contributed by atoms with van der Waals surface area (Å²) in [5, 5.41) is 12.9. The topological polar surface area (TPSA) is 68.2 Å². The van der Waals surface area contributed by atoms with Gasteiger partial charge in [0, 0.05) is 17.1 Å². The standard InChI is InChI=1S/C23H24Cl2N4O2S2/c1-31-22(30)20-15-6-4-2-3-5-7-18(15)33-21(20)27-23(32)26-19-10-11-29(28-19)13-14-8-9-16(24)17(25)12-14/h8-12H,2-7,13H2,1H3,(H2,26,27,28,32). The van der Waals surface area contributed by atoms with Gasteiger partial charge in [-0.25, -0.2) is 4.79 Å². The zero-order valence-corrected chi connectivity index (χ0v) is 21.3. The maximum atomic E-state index is 12.6. The summed E-state index contributed by atoms with van der Waals surface area (Å²) in [5.74, 6) is 0.270. The summed E-state index contributed by atoms with van der Waals surface area (Å²) in [5.41, 5.74) is 2.69. The summed E-state index contributed by atoms with van der Waals surface area (Å²) in [6.07, 6.45) is 8.33. The fourth-order valence-electron chi connectivity index (χ4n) is 3.92. The molecule has 0 aliphatic heterocycles. The fourth-order valence-corrected chi connectivity index (χ4v) is 5.79. The van der Waals surface area contributed by atoms with Crippen molar-refractivity contribution in [2.45, 2.75) is 45.1 Å². The Kier molecular flexibility index (Phi) is 7.90. The highest BCUT2D eigenvalue weighted by Crippen LogP contribution is 2.37. The predicted molar refractivity (Wildman–Crippen MR) is 139 cm³/mol. The van der Waals surface area contributed by atoms with E-state index in [1.54, 1.807) is 22.1 Å². The first kappa shape index (κ1) is 24.0. The molecule has 2 aromatic heterocycles. The molecule has 0 saturated carbocycles. The van der Waals surface area contributed by atoms with E-state index in [-0.39, 0.29) is 5.97 Å². The summed E-state index contributed by atoms with van der Waals surface area (Å²) in [4.78, 5) is 13.8. The summed E-state index contributed by atoms with van der Waals surface area (Å²) in [6, 6.07) is 7.33. The number of ether oxygens (including phenoxy) is 1. The first-order valence-corrected chi connectivity index (χ1v) is 12.7. The molecule has 0 unspecified atom stereocenters. The molecule has 10 heteroatoms. The van der Waals surface area contributed by atoms with Crippen LogP contribution in [0.5, 0.6) is 0 Å². The Bertz CT molecular complexity index is 1180. The third-order valence-electron chi connectivity index (χ3n) is 5.50. The van der Waals surface area contributed by atoms with Crippen LogP contribution in [-0.4, -0.2) is 28.0 Å². The molecule has 0 spiro atoms. The Morgan fingerprint density at radius 1 is 1.15 bits per heavy atom. The molecule has 1 aromatic carbocycles. The molecular weight excluding hydrogens is 499 g/mol. The number of carbonyl (C=O) groups excluding carboxylic acids is 1. The second kappa shape index (κ2) is 10.9. The number of nitrogens with one attached hydrogen (secondary N) is 2. The smallest absolute Gasteiger partial charge is 0.341 e. The van der Waals surface area contributed by atoms with Crippen molar-refractivity contribution >= 4 is 68.7 Å². The van der Waals surface area contributed by atoms with Gasteiger partial charge in [0.15, 0.2) is 10.9 Å². The van der Waals surface area contributed by atoms with Gasteiger partial charge >= 0.3 is 5.97 Å². The average molecular weight is 524 g/mol. The molecule has 2 heterocycles. The summed E-state index contributed by atoms with van der Waals surface area (Å²) < 4.78 is 6.86. The number of hydrogen-bond acceptors (Lipinski definition) is 5. The molecule has 0 saturated heterocycles. The largest absolute Gasteiger partial charge is 0.465 e. The van der Waals surface area contributed by atoms with E-state index in [1.165, 1.54) is 24.8 Å². The number of anilines is 2. The van der Waals surface area contributed by atoms with Gasteiger partial charge < -0.3 is 15.4 Å². The lowest BCUT2D eigenvalue weighted by Crippen LogP contribution is -2.20. The molecule has 33 heavy (non-hydrogen) atoms. The number of methoxy groups -OCH3 is 1. The van der Waals surface area contributed by atoms with Crippen LogP contribution in [0.1, 0.15) is 52.0 Å². The van der Waals surface area contributed by atoms with Crippen molar-refractivity contribution in [2.24, 2.45) is 0 Å². The Hall–Kier alpha value is -2.13. The van der Waals surface area contributed by atoms with Crippen molar-refractivity contribution in [1.82, 2.24) is 9.78 Å². The highest BCUT2D eigenvalue weighted by Gasteiger charge is 2.25. The Morgan fingerprint density at radius 3 is 2.70 bits per heavy atom. The maximum Gasteiger partial charge on any atom is 0.341 e. The molecule has 4 rings (SSSR count). The van der Waals surface area contributed by atoms with E-state index in [2.05, 4.69) is 15.7 Å². The molecule has 3 aromatic rings. The lowest BCUT2D eigenvalue weighted by Gasteiger charge is -2.11. The summed E-state index contributed by atoms with van der Waals surface area (Å²) in [7, 11) is 1.41. The molecule has 0 radical (unpaired) electrons. The fraction of sp³-hybridized carbons (Fsp3) is 0.348. The number of aromatic nitrogens is 2. The lowest BCUT2D eigenvalue weighted by molar-refractivity contribution is 0.0601. The minimum Gasteiger partial charge on any atom is -0.465 e. The number of hydrogen-bond donors (Lipinski definition) is 2. The van der Waals surface area contributed by atoms with Gasteiger partial charge in [-0.15, -0.1) is 11.3 Å². The Labute approximate surface area is 212 Å². The highest BCUT2D eigenvalue weighted by molar-refractivity contribution is 7.80. The first-order valence-electron chi connectivity index (χ1n) is 10.7. The van der Waals surface area contributed by atoms with Crippen LogP contribution in [0.4, 0.5) is 10.8 Å². The van der Waals surface area contributed by atoms with Crippen LogP contribution in [0, 0.1) is 0 Å². The van der Waals surface area contributed by atoms with Crippen LogP contribution in [0.25, 0.3) is 0 Å². The monoisotopic (exact) mass is 522 g/mol. The van der Waals surface area contributed by atoms with Gasteiger partial charge in [0.2, 0.25) is 0 Å². The second-order valence-electron chi connectivity index (χ2n) is 7.84. The number of benzene rings is 1. The Morgan fingerprint density at radius 2 is 1.94 bits per heavy atom. The van der Waals surface area contributed by atoms with E-state index in [4.69, 9.17) is 40.2 Å². The molecule has 174 valence electrons. The van der Waals surface area contributed by atoms with Crippen molar-refractivity contribution in [3.05, 3.63) is 62.1 Å². The van der Waals surface area contributed by atoms with Gasteiger partial charge in [0.05, 0.1) is 29.3 Å². The number of aryl methyl sites for hydroxylation is 1. The van der Waals surface area contributed by atoms with Crippen LogP contribution in [-0.2, 0) is 24.1 Å². The van der Waals surface area contributed by atoms with Crippen LogP contribution >= 0.6 is 46.8 Å². The Balaban J connectivity index is 1.46. The minimum atomic E-state index is -0.329. The van der Waals surface area contributed by atoms with Gasteiger partial charge in [0.1, 0.15) is 5.00 Å². The third kappa shape index (κ3) is 5.87. The number of nitrogens with zero attached hydrogens (tertiary/aromatic N) is 2. The number of rotatable bonds is 5. The number of thiocarbonyl (C=S) groups is 1. The van der Waals surface area contributed by atoms with Crippen LogP contribution in [0.3, 0.4) is 0 Å². The zero-order valence-electron chi connectivity index (χ0n) is 18.1. The van der Waals surface area contributed by atoms with E-state index < -0.39 is 0 Å². The number of halogens is 2. The number of fused-ring (bicyclic) bond motifs is 1.